The van der Waals surface area contributed by atoms with Crippen LogP contribution < -0.4 is 0 Å². The summed E-state index contributed by atoms with van der Waals surface area (Å²) in [5.74, 6) is 0.964. The van der Waals surface area contributed by atoms with Crippen LogP contribution in [0.3, 0.4) is 0 Å². The molecule has 1 heterocycles. The molecule has 1 unspecified atom stereocenters. The normalized spacial score (nSPS) is 17.9. The van der Waals surface area contributed by atoms with Crippen molar-refractivity contribution in [2.75, 3.05) is 0 Å². The highest BCUT2D eigenvalue weighted by Gasteiger charge is 2.26. The second-order valence-electron chi connectivity index (χ2n) is 4.45. The molecule has 0 N–H and O–H groups in total. The zero-order valence-corrected chi connectivity index (χ0v) is 12.7. The molecule has 0 aliphatic heterocycles. The van der Waals surface area contributed by atoms with Crippen LogP contribution in [0.4, 0.5) is 0 Å². The largest absolute Gasteiger partial charge is 0.142 e. The van der Waals surface area contributed by atoms with Crippen LogP contribution in [0.2, 0.25) is 0 Å². The molecular formula is C13H12Br2S. The van der Waals surface area contributed by atoms with Gasteiger partial charge < -0.3 is 0 Å². The lowest BCUT2D eigenvalue weighted by Crippen LogP contribution is -1.89. The van der Waals surface area contributed by atoms with Crippen LogP contribution in [0.15, 0.2) is 28.1 Å². The summed E-state index contributed by atoms with van der Waals surface area (Å²) < 4.78 is 2.59. The van der Waals surface area contributed by atoms with E-state index in [0.29, 0.717) is 4.83 Å². The van der Waals surface area contributed by atoms with Gasteiger partial charge in [0.1, 0.15) is 0 Å². The Kier molecular flexibility index (Phi) is 3.11. The minimum Gasteiger partial charge on any atom is -0.142 e. The van der Waals surface area contributed by atoms with Crippen molar-refractivity contribution in [3.05, 3.63) is 33.6 Å². The van der Waals surface area contributed by atoms with Gasteiger partial charge in [0.15, 0.2) is 0 Å². The lowest BCUT2D eigenvalue weighted by molar-refractivity contribution is 0.725. The summed E-state index contributed by atoms with van der Waals surface area (Å²) in [4.78, 5) is 0.531. The van der Waals surface area contributed by atoms with E-state index in [9.17, 15) is 0 Å². The first-order valence-corrected chi connectivity index (χ1v) is 8.14. The van der Waals surface area contributed by atoms with Crippen LogP contribution in [0, 0.1) is 5.92 Å². The van der Waals surface area contributed by atoms with Gasteiger partial charge in [0, 0.05) is 14.0 Å². The molecule has 0 nitrogen and oxygen atoms in total. The highest BCUT2D eigenvalue weighted by atomic mass is 79.9. The molecule has 1 atom stereocenters. The summed E-state index contributed by atoms with van der Waals surface area (Å²) in [6, 6.07) is 6.47. The minimum absolute atomic E-state index is 0.531. The molecule has 1 aliphatic rings. The molecule has 0 amide bonds. The van der Waals surface area contributed by atoms with E-state index in [1.165, 1.54) is 39.4 Å². The quantitative estimate of drug-likeness (QED) is 0.598. The smallest absolute Gasteiger partial charge is 0.0488 e. The summed E-state index contributed by atoms with van der Waals surface area (Å²) in [7, 11) is 0. The van der Waals surface area contributed by atoms with E-state index in [4.69, 9.17) is 0 Å². The first-order chi connectivity index (χ1) is 7.75. The molecule has 1 saturated carbocycles. The maximum absolute atomic E-state index is 3.84. The third-order valence-corrected chi connectivity index (χ3v) is 5.99. The Morgan fingerprint density at radius 1 is 1.38 bits per heavy atom. The van der Waals surface area contributed by atoms with Gasteiger partial charge in [-0.3, -0.25) is 0 Å². The van der Waals surface area contributed by atoms with Crippen molar-refractivity contribution < 1.29 is 0 Å². The molecule has 0 bridgehead atoms. The fourth-order valence-electron chi connectivity index (χ4n) is 2.06. The number of hydrogen-bond donors (Lipinski definition) is 0. The lowest BCUT2D eigenvalue weighted by atomic mass is 10.1. The molecule has 16 heavy (non-hydrogen) atoms. The van der Waals surface area contributed by atoms with Gasteiger partial charge in [0.2, 0.25) is 0 Å². The molecule has 3 rings (SSSR count). The van der Waals surface area contributed by atoms with Gasteiger partial charge in [-0.2, -0.15) is 0 Å². The van der Waals surface area contributed by atoms with Crippen molar-refractivity contribution in [3.63, 3.8) is 0 Å². The van der Waals surface area contributed by atoms with E-state index >= 15 is 0 Å². The van der Waals surface area contributed by atoms with Gasteiger partial charge >= 0.3 is 0 Å². The number of fused-ring (bicyclic) bond motifs is 1. The highest BCUT2D eigenvalue weighted by Crippen LogP contribution is 2.45. The number of halogens is 2. The van der Waals surface area contributed by atoms with E-state index in [1.54, 1.807) is 0 Å². The van der Waals surface area contributed by atoms with Crippen LogP contribution in [0.1, 0.15) is 29.7 Å². The Morgan fingerprint density at radius 2 is 2.19 bits per heavy atom. The van der Waals surface area contributed by atoms with Crippen LogP contribution in [0.5, 0.6) is 0 Å². The van der Waals surface area contributed by atoms with Gasteiger partial charge in [0.25, 0.3) is 0 Å². The van der Waals surface area contributed by atoms with Gasteiger partial charge in [-0.15, -0.1) is 11.3 Å². The monoisotopic (exact) mass is 358 g/mol. The van der Waals surface area contributed by atoms with Gasteiger partial charge in [-0.25, -0.2) is 0 Å². The third kappa shape index (κ3) is 2.09. The van der Waals surface area contributed by atoms with Crippen molar-refractivity contribution in [2.45, 2.75) is 24.1 Å². The van der Waals surface area contributed by atoms with Crippen LogP contribution in [-0.4, -0.2) is 0 Å². The molecular weight excluding hydrogens is 348 g/mol. The van der Waals surface area contributed by atoms with Crippen molar-refractivity contribution in [3.8, 4) is 0 Å². The summed E-state index contributed by atoms with van der Waals surface area (Å²) in [5, 5.41) is 3.71. The number of alkyl halides is 1. The topological polar surface area (TPSA) is 0 Å². The average molecular weight is 360 g/mol. The zero-order valence-electron chi connectivity index (χ0n) is 8.75. The Hall–Kier alpha value is 0.140. The van der Waals surface area contributed by atoms with Crippen molar-refractivity contribution in [1.82, 2.24) is 0 Å². The lowest BCUT2D eigenvalue weighted by Gasteiger charge is -2.07. The molecule has 2 aromatic rings. The number of benzene rings is 1. The maximum Gasteiger partial charge on any atom is 0.0488 e. The van der Waals surface area contributed by atoms with Crippen LogP contribution in [-0.2, 0) is 0 Å². The van der Waals surface area contributed by atoms with E-state index in [-0.39, 0.29) is 0 Å². The van der Waals surface area contributed by atoms with Gasteiger partial charge in [-0.1, -0.05) is 40.9 Å². The standard InChI is InChI=1S/C13H12Br2S/c14-11-3-1-2-9-10(7-16-13(9)11)12(15)6-8-4-5-8/h1-3,7-8,12H,4-6H2. The van der Waals surface area contributed by atoms with Gasteiger partial charge in [-0.05, 0) is 50.7 Å². The van der Waals surface area contributed by atoms with E-state index in [2.05, 4.69) is 55.4 Å². The van der Waals surface area contributed by atoms with E-state index < -0.39 is 0 Å². The number of thiophene rings is 1. The first-order valence-electron chi connectivity index (χ1n) is 5.55. The number of rotatable bonds is 3. The molecule has 1 fully saturated rings. The maximum atomic E-state index is 3.84. The second-order valence-corrected chi connectivity index (χ2v) is 7.29. The van der Waals surface area contributed by atoms with Crippen molar-refractivity contribution >= 4 is 53.3 Å². The fraction of sp³-hybridized carbons (Fsp3) is 0.385. The Morgan fingerprint density at radius 3 is 2.94 bits per heavy atom. The minimum atomic E-state index is 0.531. The van der Waals surface area contributed by atoms with Crippen molar-refractivity contribution in [2.24, 2.45) is 5.92 Å². The summed E-state index contributed by atoms with van der Waals surface area (Å²) in [6.07, 6.45) is 4.14. The molecule has 0 spiro atoms. The van der Waals surface area contributed by atoms with Crippen LogP contribution in [0.25, 0.3) is 10.1 Å². The SMILES string of the molecule is Brc1cccc2c(C(Br)CC3CC3)csc12. The molecule has 0 saturated heterocycles. The average Bonchev–Trinajstić information content (AvgIpc) is 2.96. The molecule has 84 valence electrons. The first kappa shape index (κ1) is 11.2. The predicted molar refractivity (Wildman–Crippen MR) is 78.5 cm³/mol. The Bertz CT molecular complexity index is 514. The zero-order chi connectivity index (χ0) is 11.1. The molecule has 1 aliphatic carbocycles. The van der Waals surface area contributed by atoms with Crippen LogP contribution >= 0.6 is 43.2 Å². The second kappa shape index (κ2) is 4.43. The summed E-state index contributed by atoms with van der Waals surface area (Å²) >= 11 is 9.30. The van der Waals surface area contributed by atoms with Gasteiger partial charge in [0.05, 0.1) is 0 Å². The fourth-order valence-corrected chi connectivity index (χ4v) is 4.82. The highest BCUT2D eigenvalue weighted by molar-refractivity contribution is 9.10. The van der Waals surface area contributed by atoms with E-state index in [1.807, 2.05) is 11.3 Å². The molecule has 3 heteroatoms. The molecule has 1 aromatic carbocycles. The Balaban J connectivity index is 1.99. The summed E-state index contributed by atoms with van der Waals surface area (Å²) in [6.45, 7) is 0. The Labute approximate surface area is 116 Å². The number of hydrogen-bond acceptors (Lipinski definition) is 1. The van der Waals surface area contributed by atoms with Crippen molar-refractivity contribution in [1.29, 1.82) is 0 Å². The molecule has 1 aromatic heterocycles. The van der Waals surface area contributed by atoms with E-state index in [0.717, 1.165) is 5.92 Å². The molecule has 0 radical (unpaired) electrons. The summed E-state index contributed by atoms with van der Waals surface area (Å²) in [5.41, 5.74) is 1.47. The predicted octanol–water partition coefficient (Wildman–Crippen LogP) is 5.90. The third-order valence-electron chi connectivity index (χ3n) is 3.16.